The fourth-order valence-corrected chi connectivity index (χ4v) is 2.42. The van der Waals surface area contributed by atoms with Crippen molar-refractivity contribution in [2.45, 2.75) is 25.8 Å². The van der Waals surface area contributed by atoms with Crippen LogP contribution in [0.15, 0.2) is 48.0 Å². The normalized spacial score (nSPS) is 23.8. The minimum absolute atomic E-state index is 0.118. The molecule has 0 aromatic heterocycles. The molecule has 0 aromatic rings. The molecule has 21 heavy (non-hydrogen) atoms. The van der Waals surface area contributed by atoms with E-state index in [1.54, 1.807) is 0 Å². The zero-order valence-corrected chi connectivity index (χ0v) is 11.6. The predicted molar refractivity (Wildman–Crippen MR) is 74.2 cm³/mol. The smallest absolute Gasteiger partial charge is 0.265 e. The summed E-state index contributed by atoms with van der Waals surface area (Å²) in [5.41, 5.74) is 0.0783. The van der Waals surface area contributed by atoms with Gasteiger partial charge in [-0.3, -0.25) is 19.3 Å². The maximum atomic E-state index is 13.8. The summed E-state index contributed by atoms with van der Waals surface area (Å²) in [6, 6.07) is -0.951. The summed E-state index contributed by atoms with van der Waals surface area (Å²) in [6.07, 6.45) is 2.96. The lowest BCUT2D eigenvalue weighted by atomic mass is 10.0. The van der Waals surface area contributed by atoms with Crippen LogP contribution in [-0.4, -0.2) is 28.7 Å². The molecule has 0 aromatic carbocycles. The van der Waals surface area contributed by atoms with E-state index in [-0.39, 0.29) is 17.6 Å². The average Bonchev–Trinajstić information content (AvgIpc) is 2.69. The Morgan fingerprint density at radius 3 is 2.57 bits per heavy atom. The number of hydrogen-bond donors (Lipinski definition) is 1. The maximum absolute atomic E-state index is 13.8. The Balaban J connectivity index is 2.40. The van der Waals surface area contributed by atoms with E-state index in [0.29, 0.717) is 12.1 Å². The van der Waals surface area contributed by atoms with Gasteiger partial charge in [0.25, 0.3) is 11.8 Å². The van der Waals surface area contributed by atoms with E-state index in [9.17, 15) is 18.8 Å². The number of allylic oxidation sites excluding steroid dienone is 2. The quantitative estimate of drug-likeness (QED) is 0.801. The minimum atomic E-state index is -0.951. The number of nitrogens with zero attached hydrogens (tertiary/aromatic N) is 1. The number of hydrogen-bond acceptors (Lipinski definition) is 3. The van der Waals surface area contributed by atoms with Crippen molar-refractivity contribution in [2.75, 3.05) is 0 Å². The van der Waals surface area contributed by atoms with Crippen LogP contribution in [0.1, 0.15) is 19.8 Å². The van der Waals surface area contributed by atoms with E-state index >= 15 is 0 Å². The van der Waals surface area contributed by atoms with Crippen LogP contribution in [-0.2, 0) is 14.4 Å². The van der Waals surface area contributed by atoms with Crippen molar-refractivity contribution in [3.05, 3.63) is 48.0 Å². The van der Waals surface area contributed by atoms with Crippen LogP contribution in [0, 0.1) is 0 Å². The number of carbonyl (C=O) groups is 3. The van der Waals surface area contributed by atoms with Gasteiger partial charge in [-0.25, -0.2) is 4.39 Å². The molecule has 0 spiro atoms. The van der Waals surface area contributed by atoms with Crippen molar-refractivity contribution in [1.29, 1.82) is 0 Å². The Bertz CT molecular complexity index is 631. The zero-order valence-electron chi connectivity index (χ0n) is 11.6. The van der Waals surface area contributed by atoms with Gasteiger partial charge in [-0.2, -0.15) is 0 Å². The molecule has 1 fully saturated rings. The van der Waals surface area contributed by atoms with Crippen molar-refractivity contribution < 1.29 is 18.8 Å². The van der Waals surface area contributed by atoms with Gasteiger partial charge >= 0.3 is 0 Å². The van der Waals surface area contributed by atoms with Gasteiger partial charge in [0.05, 0.1) is 11.1 Å². The first-order valence-corrected chi connectivity index (χ1v) is 6.47. The lowest BCUT2D eigenvalue weighted by Crippen LogP contribution is -2.52. The first kappa shape index (κ1) is 14.9. The number of nitrogens with one attached hydrogen (secondary N) is 1. The fraction of sp³-hybridized carbons (Fsp3) is 0.267. The van der Waals surface area contributed by atoms with Crippen LogP contribution in [0.25, 0.3) is 0 Å². The fourth-order valence-electron chi connectivity index (χ4n) is 2.42. The molecule has 2 heterocycles. The molecule has 3 amide bonds. The van der Waals surface area contributed by atoms with Crippen LogP contribution in [0.5, 0.6) is 0 Å². The Hall–Kier alpha value is -2.50. The number of piperidine rings is 1. The molecule has 5 nitrogen and oxygen atoms in total. The van der Waals surface area contributed by atoms with Crippen LogP contribution < -0.4 is 5.32 Å². The molecule has 2 aliphatic rings. The van der Waals surface area contributed by atoms with Crippen LogP contribution in [0.3, 0.4) is 0 Å². The van der Waals surface area contributed by atoms with Crippen molar-refractivity contribution >= 4 is 17.7 Å². The van der Waals surface area contributed by atoms with E-state index < -0.39 is 29.6 Å². The monoisotopic (exact) mass is 290 g/mol. The summed E-state index contributed by atoms with van der Waals surface area (Å²) < 4.78 is 13.8. The lowest BCUT2D eigenvalue weighted by Gasteiger charge is -2.30. The lowest BCUT2D eigenvalue weighted by molar-refractivity contribution is -0.146. The number of amides is 3. The van der Waals surface area contributed by atoms with Gasteiger partial charge in [0, 0.05) is 5.70 Å². The third-order valence-corrected chi connectivity index (χ3v) is 3.48. The number of carbonyl (C=O) groups excluding carboxylic acids is 3. The first-order valence-electron chi connectivity index (χ1n) is 6.47. The first-order chi connectivity index (χ1) is 9.92. The van der Waals surface area contributed by atoms with Gasteiger partial charge < -0.3 is 5.32 Å². The molecule has 1 unspecified atom stereocenters. The summed E-state index contributed by atoms with van der Waals surface area (Å²) >= 11 is 0. The molecule has 1 atom stereocenters. The molecule has 110 valence electrons. The standard InChI is InChI=1S/C15H15FN2O3/c1-4-9-12(10(16)5-2)15(21)18(14(9)20)11-7-6-8(3)17-13(11)19/h4-5,11H,1,3,6-7H2,2H3,(H,17,19)/b10-5+. The largest absolute Gasteiger partial charge is 0.329 e. The van der Waals surface area contributed by atoms with Crippen molar-refractivity contribution in [3.63, 3.8) is 0 Å². The summed E-state index contributed by atoms with van der Waals surface area (Å²) in [7, 11) is 0. The number of imide groups is 1. The molecule has 1 N–H and O–H groups in total. The SMILES string of the molecule is C=CC1=C(/C(F)=C\C)C(=O)N(C2CCC(=C)NC2=O)C1=O. The van der Waals surface area contributed by atoms with Crippen molar-refractivity contribution in [3.8, 4) is 0 Å². The highest BCUT2D eigenvalue weighted by atomic mass is 19.1. The second kappa shape index (κ2) is 5.47. The Morgan fingerprint density at radius 1 is 1.38 bits per heavy atom. The van der Waals surface area contributed by atoms with Gasteiger partial charge in [0.1, 0.15) is 11.9 Å². The molecule has 0 bridgehead atoms. The van der Waals surface area contributed by atoms with E-state index in [1.165, 1.54) is 6.92 Å². The predicted octanol–water partition coefficient (Wildman–Crippen LogP) is 1.50. The molecule has 1 saturated heterocycles. The van der Waals surface area contributed by atoms with E-state index in [0.717, 1.165) is 17.1 Å². The topological polar surface area (TPSA) is 66.5 Å². The van der Waals surface area contributed by atoms with E-state index in [2.05, 4.69) is 18.5 Å². The van der Waals surface area contributed by atoms with Gasteiger partial charge in [-0.05, 0) is 19.8 Å². The summed E-state index contributed by atoms with van der Waals surface area (Å²) in [5, 5.41) is 2.51. The summed E-state index contributed by atoms with van der Waals surface area (Å²) in [6.45, 7) is 8.49. The third kappa shape index (κ3) is 2.33. The Morgan fingerprint density at radius 2 is 2.05 bits per heavy atom. The van der Waals surface area contributed by atoms with Gasteiger partial charge in [-0.1, -0.05) is 25.3 Å². The van der Waals surface area contributed by atoms with Gasteiger partial charge in [0.2, 0.25) is 5.91 Å². The second-order valence-corrected chi connectivity index (χ2v) is 4.76. The molecular weight excluding hydrogens is 275 g/mol. The molecule has 0 saturated carbocycles. The summed E-state index contributed by atoms with van der Waals surface area (Å²) in [4.78, 5) is 37.4. The Kier molecular flexibility index (Phi) is 3.88. The van der Waals surface area contributed by atoms with Crippen LogP contribution in [0.4, 0.5) is 4.39 Å². The molecule has 6 heteroatoms. The highest BCUT2D eigenvalue weighted by molar-refractivity contribution is 6.23. The number of rotatable bonds is 3. The molecular formula is C15H15FN2O3. The van der Waals surface area contributed by atoms with E-state index in [4.69, 9.17) is 0 Å². The van der Waals surface area contributed by atoms with Gasteiger partial charge in [0.15, 0.2) is 0 Å². The van der Waals surface area contributed by atoms with E-state index in [1.807, 2.05) is 0 Å². The summed E-state index contributed by atoms with van der Waals surface area (Å²) in [5.74, 6) is -2.79. The second-order valence-electron chi connectivity index (χ2n) is 4.76. The van der Waals surface area contributed by atoms with Crippen LogP contribution in [0.2, 0.25) is 0 Å². The maximum Gasteiger partial charge on any atom is 0.265 e. The minimum Gasteiger partial charge on any atom is -0.329 e. The Labute approximate surface area is 121 Å². The average molecular weight is 290 g/mol. The van der Waals surface area contributed by atoms with Crippen molar-refractivity contribution in [2.24, 2.45) is 0 Å². The van der Waals surface area contributed by atoms with Crippen molar-refractivity contribution in [1.82, 2.24) is 10.2 Å². The highest BCUT2D eigenvalue weighted by Crippen LogP contribution is 2.31. The molecule has 0 aliphatic carbocycles. The molecule has 0 radical (unpaired) electrons. The molecule has 2 aliphatic heterocycles. The molecule has 2 rings (SSSR count). The van der Waals surface area contributed by atoms with Gasteiger partial charge in [-0.15, -0.1) is 0 Å². The zero-order chi connectivity index (χ0) is 15.7. The number of halogens is 1. The third-order valence-electron chi connectivity index (χ3n) is 3.48. The van der Waals surface area contributed by atoms with Crippen LogP contribution >= 0.6 is 0 Å². The highest BCUT2D eigenvalue weighted by Gasteiger charge is 2.45.